The van der Waals surface area contributed by atoms with Crippen LogP contribution in [-0.2, 0) is 0 Å². The van der Waals surface area contributed by atoms with Crippen LogP contribution in [-0.4, -0.2) is 16.5 Å². The zero-order chi connectivity index (χ0) is 12.4. The average molecular weight is 226 g/mol. The first-order valence-electron chi connectivity index (χ1n) is 5.49. The third kappa shape index (κ3) is 2.23. The zero-order valence-corrected chi connectivity index (χ0v) is 10.2. The van der Waals surface area contributed by atoms with E-state index < -0.39 is 0 Å². The Labute approximate surface area is 101 Å². The molecule has 0 saturated carbocycles. The van der Waals surface area contributed by atoms with Gasteiger partial charge in [0.05, 0.1) is 5.69 Å². The number of rotatable bonds is 2. The number of carbonyl (C=O) groups is 1. The van der Waals surface area contributed by atoms with Crippen molar-refractivity contribution >= 4 is 6.29 Å². The maximum atomic E-state index is 10.5. The highest BCUT2D eigenvalue weighted by molar-refractivity contribution is 5.73. The molecule has 0 aliphatic carbocycles. The van der Waals surface area contributed by atoms with E-state index >= 15 is 0 Å². The second-order valence-corrected chi connectivity index (χ2v) is 4.24. The van der Waals surface area contributed by atoms with Crippen molar-refractivity contribution in [3.63, 3.8) is 0 Å². The van der Waals surface area contributed by atoms with Crippen LogP contribution < -0.4 is 0 Å². The Bertz CT molecular complexity index is 536. The Morgan fingerprint density at radius 1 is 1.00 bits per heavy atom. The van der Waals surface area contributed by atoms with Crippen molar-refractivity contribution in [1.29, 1.82) is 0 Å². The summed E-state index contributed by atoms with van der Waals surface area (Å²) in [5.74, 6) is 0. The number of aromatic nitrogens is 2. The molecule has 1 aromatic heterocycles. The van der Waals surface area contributed by atoms with Crippen LogP contribution in [0.15, 0.2) is 24.3 Å². The Morgan fingerprint density at radius 2 is 1.65 bits per heavy atom. The van der Waals surface area contributed by atoms with E-state index in [4.69, 9.17) is 0 Å². The number of aldehydes is 1. The fourth-order valence-corrected chi connectivity index (χ4v) is 2.12. The predicted molar refractivity (Wildman–Crippen MR) is 67.1 cm³/mol. The van der Waals surface area contributed by atoms with Crippen molar-refractivity contribution in [1.82, 2.24) is 10.2 Å². The predicted octanol–water partition coefficient (Wildman–Crippen LogP) is 2.88. The molecule has 0 radical (unpaired) electrons. The first-order chi connectivity index (χ1) is 8.11. The zero-order valence-electron chi connectivity index (χ0n) is 10.2. The van der Waals surface area contributed by atoms with Gasteiger partial charge in [0.2, 0.25) is 0 Å². The van der Waals surface area contributed by atoms with Gasteiger partial charge in [-0.1, -0.05) is 17.7 Å². The fourth-order valence-electron chi connectivity index (χ4n) is 2.12. The van der Waals surface area contributed by atoms with Crippen LogP contribution in [0.2, 0.25) is 0 Å². The van der Waals surface area contributed by atoms with Crippen LogP contribution in [0.3, 0.4) is 0 Å². The van der Waals surface area contributed by atoms with Crippen molar-refractivity contribution < 1.29 is 4.79 Å². The van der Waals surface area contributed by atoms with E-state index in [1.807, 2.05) is 6.07 Å². The van der Waals surface area contributed by atoms with E-state index in [-0.39, 0.29) is 0 Å². The van der Waals surface area contributed by atoms with Crippen LogP contribution in [0.5, 0.6) is 0 Å². The number of benzene rings is 1. The molecule has 0 aliphatic rings. The number of hydrogen-bond donors (Lipinski definition) is 0. The maximum absolute atomic E-state index is 10.5. The minimum atomic E-state index is 0.358. The van der Waals surface area contributed by atoms with Crippen LogP contribution in [0.25, 0.3) is 11.3 Å². The van der Waals surface area contributed by atoms with Gasteiger partial charge in [-0.25, -0.2) is 0 Å². The first-order valence-corrected chi connectivity index (χ1v) is 5.49. The molecule has 0 amide bonds. The molecule has 2 rings (SSSR count). The number of hydrogen-bond acceptors (Lipinski definition) is 3. The largest absolute Gasteiger partial charge is 0.296 e. The van der Waals surface area contributed by atoms with E-state index in [0.717, 1.165) is 11.3 Å². The molecule has 0 fully saturated rings. The normalized spacial score (nSPS) is 10.3. The third-order valence-corrected chi connectivity index (χ3v) is 2.74. The molecule has 0 N–H and O–H groups in total. The average Bonchev–Trinajstić information content (AvgIpc) is 2.28. The molecule has 0 atom stereocenters. The number of carbonyl (C=O) groups excluding carboxylic acids is 1. The minimum Gasteiger partial charge on any atom is -0.296 e. The lowest BCUT2D eigenvalue weighted by molar-refractivity contribution is 0.111. The van der Waals surface area contributed by atoms with E-state index in [0.29, 0.717) is 12.0 Å². The molecule has 17 heavy (non-hydrogen) atoms. The molecule has 0 unspecified atom stereocenters. The Balaban J connectivity index is 2.56. The summed E-state index contributed by atoms with van der Waals surface area (Å²) in [6, 6.07) is 7.77. The van der Waals surface area contributed by atoms with Crippen LogP contribution in [0.1, 0.15) is 27.2 Å². The van der Waals surface area contributed by atoms with Gasteiger partial charge in [-0.15, -0.1) is 10.2 Å². The van der Waals surface area contributed by atoms with Crippen LogP contribution in [0.4, 0.5) is 0 Å². The summed E-state index contributed by atoms with van der Waals surface area (Å²) >= 11 is 0. The lowest BCUT2D eigenvalue weighted by atomic mass is 9.97. The van der Waals surface area contributed by atoms with Gasteiger partial charge in [-0.2, -0.15) is 0 Å². The highest BCUT2D eigenvalue weighted by Crippen LogP contribution is 2.26. The standard InChI is InChI=1S/C14H14N2O/c1-9-6-10(2)14(11(3)7-9)13-5-4-12(8-17)15-16-13/h4-8H,1-3H3. The minimum absolute atomic E-state index is 0.358. The first kappa shape index (κ1) is 11.5. The molecule has 2 aromatic rings. The molecule has 3 nitrogen and oxygen atoms in total. The summed E-state index contributed by atoms with van der Waals surface area (Å²) in [6.45, 7) is 6.19. The van der Waals surface area contributed by atoms with Gasteiger partial charge in [-0.05, 0) is 44.0 Å². The molecule has 0 bridgehead atoms. The Hall–Kier alpha value is -2.03. The van der Waals surface area contributed by atoms with Gasteiger partial charge in [0.25, 0.3) is 0 Å². The summed E-state index contributed by atoms with van der Waals surface area (Å²) < 4.78 is 0. The molecule has 0 spiro atoms. The van der Waals surface area contributed by atoms with Crippen LogP contribution >= 0.6 is 0 Å². The summed E-state index contributed by atoms with van der Waals surface area (Å²) in [5.41, 5.74) is 5.86. The molecular formula is C14H14N2O. The Kier molecular flexibility index (Phi) is 3.00. The summed E-state index contributed by atoms with van der Waals surface area (Å²) in [5, 5.41) is 7.95. The van der Waals surface area contributed by atoms with E-state index in [9.17, 15) is 4.79 Å². The lowest BCUT2D eigenvalue weighted by Gasteiger charge is -2.10. The van der Waals surface area contributed by atoms with Crippen LogP contribution in [0, 0.1) is 20.8 Å². The highest BCUT2D eigenvalue weighted by atomic mass is 16.1. The van der Waals surface area contributed by atoms with Crippen molar-refractivity contribution in [2.24, 2.45) is 0 Å². The third-order valence-electron chi connectivity index (χ3n) is 2.74. The van der Waals surface area contributed by atoms with Gasteiger partial charge in [0.15, 0.2) is 6.29 Å². The monoisotopic (exact) mass is 226 g/mol. The summed E-state index contributed by atoms with van der Waals surface area (Å²) in [4.78, 5) is 10.5. The quantitative estimate of drug-likeness (QED) is 0.739. The fraction of sp³-hybridized carbons (Fsp3) is 0.214. The van der Waals surface area contributed by atoms with Crippen molar-refractivity contribution in [2.45, 2.75) is 20.8 Å². The summed E-state index contributed by atoms with van der Waals surface area (Å²) in [6.07, 6.45) is 0.700. The molecule has 1 aromatic carbocycles. The van der Waals surface area contributed by atoms with Crippen molar-refractivity contribution in [3.05, 3.63) is 46.6 Å². The van der Waals surface area contributed by atoms with E-state index in [1.54, 1.807) is 6.07 Å². The van der Waals surface area contributed by atoms with Crippen molar-refractivity contribution in [2.75, 3.05) is 0 Å². The lowest BCUT2D eigenvalue weighted by Crippen LogP contribution is -1.96. The maximum Gasteiger partial charge on any atom is 0.170 e. The summed E-state index contributed by atoms with van der Waals surface area (Å²) in [7, 11) is 0. The molecule has 1 heterocycles. The van der Waals surface area contributed by atoms with Crippen molar-refractivity contribution in [3.8, 4) is 11.3 Å². The second-order valence-electron chi connectivity index (χ2n) is 4.24. The van der Waals surface area contributed by atoms with Gasteiger partial charge < -0.3 is 0 Å². The Morgan fingerprint density at radius 3 is 2.12 bits per heavy atom. The molecule has 3 heteroatoms. The van der Waals surface area contributed by atoms with Gasteiger partial charge >= 0.3 is 0 Å². The smallest absolute Gasteiger partial charge is 0.170 e. The van der Waals surface area contributed by atoms with E-state index in [2.05, 4.69) is 43.1 Å². The van der Waals surface area contributed by atoms with Gasteiger partial charge in [0, 0.05) is 5.56 Å². The van der Waals surface area contributed by atoms with Gasteiger partial charge in [-0.3, -0.25) is 4.79 Å². The molecule has 0 saturated heterocycles. The topological polar surface area (TPSA) is 42.9 Å². The van der Waals surface area contributed by atoms with E-state index in [1.165, 1.54) is 16.7 Å². The molecule has 0 aliphatic heterocycles. The second kappa shape index (κ2) is 4.45. The number of aryl methyl sites for hydroxylation is 3. The SMILES string of the molecule is Cc1cc(C)c(-c2ccc(C=O)nn2)c(C)c1. The molecule has 86 valence electrons. The van der Waals surface area contributed by atoms with Gasteiger partial charge in [0.1, 0.15) is 5.69 Å². The molecular weight excluding hydrogens is 212 g/mol. The highest BCUT2D eigenvalue weighted by Gasteiger charge is 2.08. The number of nitrogens with zero attached hydrogens (tertiary/aromatic N) is 2.